The normalized spacial score (nSPS) is 19.3. The van der Waals surface area contributed by atoms with E-state index < -0.39 is 0 Å². The van der Waals surface area contributed by atoms with Gasteiger partial charge in [0.05, 0.1) is 0 Å². The van der Waals surface area contributed by atoms with Crippen LogP contribution in [-0.4, -0.2) is 24.4 Å². The van der Waals surface area contributed by atoms with Gasteiger partial charge in [0.25, 0.3) is 5.91 Å². The van der Waals surface area contributed by atoms with E-state index in [1.807, 2.05) is 55.5 Å². The van der Waals surface area contributed by atoms with Gasteiger partial charge in [0.2, 0.25) is 5.91 Å². The van der Waals surface area contributed by atoms with E-state index in [0.717, 1.165) is 36.2 Å². The van der Waals surface area contributed by atoms with Gasteiger partial charge >= 0.3 is 0 Å². The Kier molecular flexibility index (Phi) is 6.24. The first-order valence-electron chi connectivity index (χ1n) is 9.49. The van der Waals surface area contributed by atoms with Gasteiger partial charge in [-0.1, -0.05) is 29.8 Å². The van der Waals surface area contributed by atoms with Gasteiger partial charge in [-0.25, -0.2) is 0 Å². The molecule has 2 aromatic rings. The lowest BCUT2D eigenvalue weighted by Crippen LogP contribution is -2.42. The number of hydrogen-bond acceptors (Lipinski definition) is 3. The van der Waals surface area contributed by atoms with E-state index in [1.165, 1.54) is 0 Å². The third-order valence-corrected chi connectivity index (χ3v) is 4.96. The first-order valence-corrected chi connectivity index (χ1v) is 9.49. The zero-order valence-corrected chi connectivity index (χ0v) is 15.9. The summed E-state index contributed by atoms with van der Waals surface area (Å²) in [6.45, 7) is 5.45. The number of carbonyl (C=O) groups excluding carboxylic acids is 2. The minimum absolute atomic E-state index is 0.0747. The Hall–Kier alpha value is -2.66. The number of carbonyl (C=O) groups is 2. The number of rotatable bonds is 5. The second-order valence-corrected chi connectivity index (χ2v) is 7.31. The fourth-order valence-corrected chi connectivity index (χ4v) is 3.37. The lowest BCUT2D eigenvalue weighted by Gasteiger charge is -2.27. The van der Waals surface area contributed by atoms with Gasteiger partial charge in [-0.2, -0.15) is 0 Å². The molecule has 3 N–H and O–H groups in total. The minimum Gasteiger partial charge on any atom is -0.352 e. The molecule has 5 nitrogen and oxygen atoms in total. The highest BCUT2D eigenvalue weighted by Crippen LogP contribution is 2.17. The monoisotopic (exact) mass is 365 g/mol. The van der Waals surface area contributed by atoms with E-state index in [1.54, 1.807) is 0 Å². The van der Waals surface area contributed by atoms with Gasteiger partial charge < -0.3 is 16.0 Å². The molecule has 0 spiro atoms. The molecule has 5 heteroatoms. The quantitative estimate of drug-likeness (QED) is 0.762. The van der Waals surface area contributed by atoms with Gasteiger partial charge in [0.15, 0.2) is 0 Å². The van der Waals surface area contributed by atoms with Gasteiger partial charge in [0, 0.05) is 29.8 Å². The van der Waals surface area contributed by atoms with E-state index >= 15 is 0 Å². The van der Waals surface area contributed by atoms with Crippen molar-refractivity contribution in [2.75, 3.05) is 11.9 Å². The smallest absolute Gasteiger partial charge is 0.255 e. The third kappa shape index (κ3) is 5.41. The SMILES string of the molecule is Cc1ccc(C(=O)Nc2cccc(CNC(=O)[C@H]3CCN[C@@H](C)C3)c2)cc1. The molecule has 0 bridgehead atoms. The summed E-state index contributed by atoms with van der Waals surface area (Å²) in [7, 11) is 0. The molecule has 27 heavy (non-hydrogen) atoms. The molecule has 0 unspecified atom stereocenters. The van der Waals surface area contributed by atoms with Crippen LogP contribution in [-0.2, 0) is 11.3 Å². The molecule has 0 radical (unpaired) electrons. The van der Waals surface area contributed by atoms with Crippen molar-refractivity contribution >= 4 is 17.5 Å². The maximum atomic E-state index is 12.4. The maximum absolute atomic E-state index is 12.4. The molecule has 1 aliphatic heterocycles. The molecule has 1 fully saturated rings. The lowest BCUT2D eigenvalue weighted by atomic mass is 9.92. The lowest BCUT2D eigenvalue weighted by molar-refractivity contribution is -0.126. The molecular weight excluding hydrogens is 338 g/mol. The highest BCUT2D eigenvalue weighted by Gasteiger charge is 2.24. The molecule has 142 valence electrons. The maximum Gasteiger partial charge on any atom is 0.255 e. The highest BCUT2D eigenvalue weighted by atomic mass is 16.2. The van der Waals surface area contributed by atoms with Crippen LogP contribution in [0.2, 0.25) is 0 Å². The van der Waals surface area contributed by atoms with Crippen molar-refractivity contribution in [3.8, 4) is 0 Å². The van der Waals surface area contributed by atoms with Crippen LogP contribution in [0.5, 0.6) is 0 Å². The van der Waals surface area contributed by atoms with Crippen molar-refractivity contribution in [1.82, 2.24) is 10.6 Å². The highest BCUT2D eigenvalue weighted by molar-refractivity contribution is 6.04. The van der Waals surface area contributed by atoms with E-state index in [-0.39, 0.29) is 17.7 Å². The summed E-state index contributed by atoms with van der Waals surface area (Å²) in [5.74, 6) is 0.0444. The van der Waals surface area contributed by atoms with Gasteiger partial charge in [-0.15, -0.1) is 0 Å². The minimum atomic E-state index is -0.139. The average Bonchev–Trinajstić information content (AvgIpc) is 2.67. The predicted molar refractivity (Wildman–Crippen MR) is 108 cm³/mol. The van der Waals surface area contributed by atoms with E-state index in [9.17, 15) is 9.59 Å². The first-order chi connectivity index (χ1) is 13.0. The molecule has 3 rings (SSSR count). The number of anilines is 1. The van der Waals surface area contributed by atoms with Crippen molar-refractivity contribution in [2.45, 2.75) is 39.3 Å². The summed E-state index contributed by atoms with van der Waals surface area (Å²) < 4.78 is 0. The number of hydrogen-bond donors (Lipinski definition) is 3. The summed E-state index contributed by atoms with van der Waals surface area (Å²) in [5, 5.41) is 9.31. The van der Waals surface area contributed by atoms with Crippen LogP contribution >= 0.6 is 0 Å². The van der Waals surface area contributed by atoms with Gasteiger partial charge in [-0.3, -0.25) is 9.59 Å². The van der Waals surface area contributed by atoms with Crippen molar-refractivity contribution in [3.63, 3.8) is 0 Å². The zero-order valence-electron chi connectivity index (χ0n) is 15.9. The molecule has 2 atom stereocenters. The Morgan fingerprint density at radius 1 is 1.15 bits per heavy atom. The molecule has 1 saturated heterocycles. The largest absolute Gasteiger partial charge is 0.352 e. The zero-order chi connectivity index (χ0) is 19.2. The first kappa shape index (κ1) is 19.1. The molecule has 0 aromatic heterocycles. The molecular formula is C22H27N3O2. The van der Waals surface area contributed by atoms with E-state index in [0.29, 0.717) is 18.2 Å². The van der Waals surface area contributed by atoms with Crippen LogP contribution in [0.1, 0.15) is 41.3 Å². The van der Waals surface area contributed by atoms with Gasteiger partial charge in [0.1, 0.15) is 0 Å². The summed E-state index contributed by atoms with van der Waals surface area (Å²) >= 11 is 0. The third-order valence-electron chi connectivity index (χ3n) is 4.96. The summed E-state index contributed by atoms with van der Waals surface area (Å²) in [6.07, 6.45) is 1.75. The number of benzene rings is 2. The molecule has 2 amide bonds. The second kappa shape index (κ2) is 8.82. The second-order valence-electron chi connectivity index (χ2n) is 7.31. The van der Waals surface area contributed by atoms with Crippen molar-refractivity contribution in [1.29, 1.82) is 0 Å². The van der Waals surface area contributed by atoms with E-state index in [4.69, 9.17) is 0 Å². The number of piperidine rings is 1. The standard InChI is InChI=1S/C22H27N3O2/c1-15-6-8-18(9-7-15)22(27)25-20-5-3-4-17(13-20)14-24-21(26)19-10-11-23-16(2)12-19/h3-9,13,16,19,23H,10-12,14H2,1-2H3,(H,24,26)(H,25,27)/t16-,19-/m0/s1. The number of amides is 2. The van der Waals surface area contributed by atoms with Crippen molar-refractivity contribution in [2.24, 2.45) is 5.92 Å². The molecule has 0 aliphatic carbocycles. The van der Waals surface area contributed by atoms with Crippen LogP contribution in [0, 0.1) is 12.8 Å². The Morgan fingerprint density at radius 3 is 2.67 bits per heavy atom. The van der Waals surface area contributed by atoms with Crippen molar-refractivity contribution < 1.29 is 9.59 Å². The van der Waals surface area contributed by atoms with Crippen molar-refractivity contribution in [3.05, 3.63) is 65.2 Å². The van der Waals surface area contributed by atoms with Crippen LogP contribution < -0.4 is 16.0 Å². The molecule has 1 aliphatic rings. The summed E-state index contributed by atoms with van der Waals surface area (Å²) in [4.78, 5) is 24.7. The Balaban J connectivity index is 1.56. The van der Waals surface area contributed by atoms with Crippen LogP contribution in [0.25, 0.3) is 0 Å². The summed E-state index contributed by atoms with van der Waals surface area (Å²) in [5.41, 5.74) is 3.43. The predicted octanol–water partition coefficient (Wildman–Crippen LogP) is 3.25. The van der Waals surface area contributed by atoms with E-state index in [2.05, 4.69) is 22.9 Å². The number of aryl methyl sites for hydroxylation is 1. The fraction of sp³-hybridized carbons (Fsp3) is 0.364. The fourth-order valence-electron chi connectivity index (χ4n) is 3.37. The number of nitrogens with one attached hydrogen (secondary N) is 3. The Morgan fingerprint density at radius 2 is 1.93 bits per heavy atom. The Bertz CT molecular complexity index is 801. The molecule has 2 aromatic carbocycles. The van der Waals surface area contributed by atoms with Crippen LogP contribution in [0.15, 0.2) is 48.5 Å². The Labute approximate surface area is 160 Å². The average molecular weight is 365 g/mol. The van der Waals surface area contributed by atoms with Crippen LogP contribution in [0.4, 0.5) is 5.69 Å². The molecule has 1 heterocycles. The van der Waals surface area contributed by atoms with Crippen LogP contribution in [0.3, 0.4) is 0 Å². The summed E-state index contributed by atoms with van der Waals surface area (Å²) in [6, 6.07) is 15.4. The topological polar surface area (TPSA) is 70.2 Å². The van der Waals surface area contributed by atoms with Gasteiger partial charge in [-0.05, 0) is 63.1 Å². The molecule has 0 saturated carbocycles.